The van der Waals surface area contributed by atoms with Gasteiger partial charge in [0.2, 0.25) is 0 Å². The highest BCUT2D eigenvalue weighted by Gasteiger charge is 2.22. The van der Waals surface area contributed by atoms with Crippen LogP contribution in [0.5, 0.6) is 0 Å². The Hall–Kier alpha value is -1.33. The van der Waals surface area contributed by atoms with E-state index in [1.165, 1.54) is 0 Å². The average molecular weight is 206 g/mol. The summed E-state index contributed by atoms with van der Waals surface area (Å²) < 4.78 is 0. The van der Waals surface area contributed by atoms with Crippen LogP contribution in [0.2, 0.25) is 5.02 Å². The number of fused-ring (bicyclic) bond motifs is 1. The molecule has 3 heteroatoms. The Morgan fingerprint density at radius 1 is 1.36 bits per heavy atom. The molecule has 2 rings (SSSR count). The lowest BCUT2D eigenvalue weighted by atomic mass is 9.87. The first-order valence-electron chi connectivity index (χ1n) is 4.48. The number of ketones is 1. The third-order valence-corrected chi connectivity index (χ3v) is 2.84. The molecule has 14 heavy (non-hydrogen) atoms. The zero-order chi connectivity index (χ0) is 10.1. The van der Waals surface area contributed by atoms with Crippen LogP contribution in [-0.4, -0.2) is 5.78 Å². The smallest absolute Gasteiger partial charge is 0.164 e. The van der Waals surface area contributed by atoms with Gasteiger partial charge < -0.3 is 0 Å². The largest absolute Gasteiger partial charge is 0.294 e. The summed E-state index contributed by atoms with van der Waals surface area (Å²) in [6.45, 7) is 0. The number of nitriles is 1. The van der Waals surface area contributed by atoms with Crippen LogP contribution >= 0.6 is 11.6 Å². The minimum atomic E-state index is 0.0466. The second kappa shape index (κ2) is 3.43. The molecule has 0 aromatic heterocycles. The minimum absolute atomic E-state index is 0.0466. The van der Waals surface area contributed by atoms with Crippen LogP contribution in [0.1, 0.15) is 34.3 Å². The normalized spacial score (nSPS) is 14.7. The standard InChI is InChI=1S/C11H8ClNO/c12-9-5-4-7(6-13)11-8(9)2-1-3-10(11)14/h4-5H,1-3H2. The summed E-state index contributed by atoms with van der Waals surface area (Å²) in [4.78, 5) is 11.6. The number of carbonyl (C=O) groups is 1. The maximum Gasteiger partial charge on any atom is 0.164 e. The number of halogens is 1. The lowest BCUT2D eigenvalue weighted by molar-refractivity contribution is 0.0972. The lowest BCUT2D eigenvalue weighted by Crippen LogP contribution is -2.13. The van der Waals surface area contributed by atoms with E-state index in [9.17, 15) is 4.79 Å². The molecule has 0 saturated heterocycles. The predicted octanol–water partition coefficient (Wildman–Crippen LogP) is 2.73. The van der Waals surface area contributed by atoms with E-state index in [0.29, 0.717) is 22.6 Å². The number of carbonyl (C=O) groups excluding carboxylic acids is 1. The van der Waals surface area contributed by atoms with Crippen LogP contribution in [0, 0.1) is 11.3 Å². The van der Waals surface area contributed by atoms with Gasteiger partial charge in [0.25, 0.3) is 0 Å². The van der Waals surface area contributed by atoms with E-state index >= 15 is 0 Å². The molecule has 0 saturated carbocycles. The van der Waals surface area contributed by atoms with Gasteiger partial charge in [0, 0.05) is 17.0 Å². The Bertz CT molecular complexity index is 445. The van der Waals surface area contributed by atoms with Crippen molar-refractivity contribution in [3.05, 3.63) is 33.8 Å². The summed E-state index contributed by atoms with van der Waals surface area (Å²) in [7, 11) is 0. The third kappa shape index (κ3) is 1.30. The van der Waals surface area contributed by atoms with E-state index in [2.05, 4.69) is 0 Å². The van der Waals surface area contributed by atoms with Gasteiger partial charge in [-0.3, -0.25) is 4.79 Å². The fourth-order valence-electron chi connectivity index (χ4n) is 1.83. The lowest BCUT2D eigenvalue weighted by Gasteiger charge is -2.16. The first kappa shape index (κ1) is 9.23. The first-order valence-corrected chi connectivity index (χ1v) is 4.86. The maximum atomic E-state index is 11.6. The average Bonchev–Trinajstić information content (AvgIpc) is 2.20. The van der Waals surface area contributed by atoms with Gasteiger partial charge in [0.15, 0.2) is 5.78 Å². The molecule has 0 fully saturated rings. The topological polar surface area (TPSA) is 40.9 Å². The van der Waals surface area contributed by atoms with Crippen LogP contribution in [0.3, 0.4) is 0 Å². The number of benzene rings is 1. The number of rotatable bonds is 0. The van der Waals surface area contributed by atoms with Crippen molar-refractivity contribution < 1.29 is 4.79 Å². The monoisotopic (exact) mass is 205 g/mol. The van der Waals surface area contributed by atoms with E-state index in [1.54, 1.807) is 12.1 Å². The fourth-order valence-corrected chi connectivity index (χ4v) is 2.08. The van der Waals surface area contributed by atoms with E-state index in [0.717, 1.165) is 18.4 Å². The van der Waals surface area contributed by atoms with Crippen LogP contribution in [0.4, 0.5) is 0 Å². The van der Waals surface area contributed by atoms with E-state index in [-0.39, 0.29) is 5.78 Å². The SMILES string of the molecule is N#Cc1ccc(Cl)c2c1C(=O)CCC2. The Balaban J connectivity index is 2.72. The summed E-state index contributed by atoms with van der Waals surface area (Å²) in [5.74, 6) is 0.0466. The molecule has 0 bridgehead atoms. The molecule has 0 atom stereocenters. The summed E-state index contributed by atoms with van der Waals surface area (Å²) in [5.41, 5.74) is 1.85. The molecular formula is C11H8ClNO. The van der Waals surface area contributed by atoms with Gasteiger partial charge in [-0.15, -0.1) is 0 Å². The number of Topliss-reactive ketones (excluding diaryl/α,β-unsaturated/α-hetero) is 1. The van der Waals surface area contributed by atoms with Gasteiger partial charge in [-0.25, -0.2) is 0 Å². The maximum absolute atomic E-state index is 11.6. The Labute approximate surface area is 87.1 Å². The summed E-state index contributed by atoms with van der Waals surface area (Å²) in [6, 6.07) is 5.34. The molecule has 2 nitrogen and oxygen atoms in total. The zero-order valence-corrected chi connectivity index (χ0v) is 8.27. The summed E-state index contributed by atoms with van der Waals surface area (Å²) in [5, 5.41) is 9.46. The molecule has 70 valence electrons. The Morgan fingerprint density at radius 2 is 2.14 bits per heavy atom. The number of hydrogen-bond acceptors (Lipinski definition) is 2. The predicted molar refractivity (Wildman–Crippen MR) is 53.4 cm³/mol. The molecule has 1 aromatic rings. The number of nitrogens with zero attached hydrogens (tertiary/aromatic N) is 1. The molecule has 0 unspecified atom stereocenters. The minimum Gasteiger partial charge on any atom is -0.294 e. The first-order chi connectivity index (χ1) is 6.74. The number of hydrogen-bond donors (Lipinski definition) is 0. The van der Waals surface area contributed by atoms with E-state index < -0.39 is 0 Å². The zero-order valence-electron chi connectivity index (χ0n) is 7.51. The molecule has 0 heterocycles. The van der Waals surface area contributed by atoms with Crippen LogP contribution in [0.25, 0.3) is 0 Å². The highest BCUT2D eigenvalue weighted by Crippen LogP contribution is 2.30. The Morgan fingerprint density at radius 3 is 2.86 bits per heavy atom. The van der Waals surface area contributed by atoms with Gasteiger partial charge in [-0.2, -0.15) is 5.26 Å². The molecule has 1 aliphatic carbocycles. The van der Waals surface area contributed by atoms with Gasteiger partial charge in [-0.05, 0) is 30.5 Å². The summed E-state index contributed by atoms with van der Waals surface area (Å²) >= 11 is 5.97. The van der Waals surface area contributed by atoms with Crippen molar-refractivity contribution in [1.29, 1.82) is 5.26 Å². The van der Waals surface area contributed by atoms with Crippen molar-refractivity contribution >= 4 is 17.4 Å². The molecule has 0 N–H and O–H groups in total. The van der Waals surface area contributed by atoms with Crippen molar-refractivity contribution in [1.82, 2.24) is 0 Å². The second-order valence-electron chi connectivity index (χ2n) is 3.34. The molecule has 1 aliphatic rings. The molecule has 0 radical (unpaired) electrons. The van der Waals surface area contributed by atoms with Crippen LogP contribution in [-0.2, 0) is 6.42 Å². The Kier molecular flexibility index (Phi) is 2.26. The molecule has 0 spiro atoms. The highest BCUT2D eigenvalue weighted by atomic mass is 35.5. The van der Waals surface area contributed by atoms with Crippen LogP contribution < -0.4 is 0 Å². The fraction of sp³-hybridized carbons (Fsp3) is 0.273. The van der Waals surface area contributed by atoms with Crippen molar-refractivity contribution in [3.8, 4) is 6.07 Å². The quantitative estimate of drug-likeness (QED) is 0.654. The van der Waals surface area contributed by atoms with Crippen molar-refractivity contribution in [2.45, 2.75) is 19.3 Å². The van der Waals surface area contributed by atoms with Gasteiger partial charge in [0.1, 0.15) is 0 Å². The van der Waals surface area contributed by atoms with Crippen molar-refractivity contribution in [2.75, 3.05) is 0 Å². The third-order valence-electron chi connectivity index (χ3n) is 2.49. The van der Waals surface area contributed by atoms with Gasteiger partial charge >= 0.3 is 0 Å². The van der Waals surface area contributed by atoms with Crippen molar-refractivity contribution in [2.24, 2.45) is 0 Å². The molecular weight excluding hydrogens is 198 g/mol. The van der Waals surface area contributed by atoms with Crippen LogP contribution in [0.15, 0.2) is 12.1 Å². The summed E-state index contributed by atoms with van der Waals surface area (Å²) in [6.07, 6.45) is 2.16. The van der Waals surface area contributed by atoms with E-state index in [4.69, 9.17) is 16.9 Å². The van der Waals surface area contributed by atoms with Crippen molar-refractivity contribution in [3.63, 3.8) is 0 Å². The molecule has 1 aromatic carbocycles. The highest BCUT2D eigenvalue weighted by molar-refractivity contribution is 6.32. The molecule has 0 amide bonds. The second-order valence-corrected chi connectivity index (χ2v) is 3.74. The molecule has 0 aliphatic heterocycles. The van der Waals surface area contributed by atoms with Gasteiger partial charge in [0.05, 0.1) is 11.6 Å². The van der Waals surface area contributed by atoms with E-state index in [1.807, 2.05) is 6.07 Å². The van der Waals surface area contributed by atoms with Gasteiger partial charge in [-0.1, -0.05) is 11.6 Å².